The van der Waals surface area contributed by atoms with Crippen molar-refractivity contribution >= 4 is 11.0 Å². The molecule has 0 aliphatic heterocycles. The molecule has 0 aliphatic rings. The molecule has 0 saturated heterocycles. The van der Waals surface area contributed by atoms with E-state index in [1.165, 1.54) is 10.7 Å². The van der Waals surface area contributed by atoms with Crippen LogP contribution in [0.1, 0.15) is 25.5 Å². The summed E-state index contributed by atoms with van der Waals surface area (Å²) in [6, 6.07) is 10.1. The van der Waals surface area contributed by atoms with E-state index >= 15 is 0 Å². The third kappa shape index (κ3) is 2.69. The van der Waals surface area contributed by atoms with Crippen molar-refractivity contribution in [2.24, 2.45) is 0 Å². The van der Waals surface area contributed by atoms with Crippen LogP contribution in [0.4, 0.5) is 4.39 Å². The first-order chi connectivity index (χ1) is 12.5. The molecule has 1 N–H and O–H groups in total. The standard InChI is InChI=1S/C18H17FN6O/c1-11(2)25-18(26)21-16(23-25)15-13-7-5-9-20-17(13)24(22-15)10-12-6-3-4-8-14(12)19/h3-9,11H,10H2,1-2H3,(H,21,23,26). The molecule has 3 heterocycles. The lowest BCUT2D eigenvalue weighted by Crippen LogP contribution is -2.19. The zero-order valence-electron chi connectivity index (χ0n) is 14.3. The molecule has 0 spiro atoms. The number of halogens is 1. The van der Waals surface area contributed by atoms with Crippen molar-refractivity contribution in [2.75, 3.05) is 0 Å². The third-order valence-corrected chi connectivity index (χ3v) is 4.14. The minimum Gasteiger partial charge on any atom is -0.287 e. The molecular formula is C18H17FN6O. The topological polar surface area (TPSA) is 81.4 Å². The van der Waals surface area contributed by atoms with E-state index in [-0.39, 0.29) is 24.1 Å². The maximum Gasteiger partial charge on any atom is 0.343 e. The fourth-order valence-electron chi connectivity index (χ4n) is 2.88. The maximum absolute atomic E-state index is 14.0. The van der Waals surface area contributed by atoms with Crippen LogP contribution in [0.25, 0.3) is 22.6 Å². The van der Waals surface area contributed by atoms with Gasteiger partial charge in [0, 0.05) is 11.8 Å². The van der Waals surface area contributed by atoms with E-state index in [0.717, 1.165) is 5.39 Å². The summed E-state index contributed by atoms with van der Waals surface area (Å²) >= 11 is 0. The van der Waals surface area contributed by atoms with Crippen molar-refractivity contribution in [1.29, 1.82) is 0 Å². The van der Waals surface area contributed by atoms with Crippen LogP contribution in [-0.2, 0) is 6.54 Å². The molecule has 0 fully saturated rings. The van der Waals surface area contributed by atoms with Gasteiger partial charge in [-0.2, -0.15) is 5.10 Å². The highest BCUT2D eigenvalue weighted by atomic mass is 19.1. The molecular weight excluding hydrogens is 335 g/mol. The molecule has 4 aromatic rings. The first-order valence-corrected chi connectivity index (χ1v) is 8.28. The van der Waals surface area contributed by atoms with Crippen molar-refractivity contribution < 1.29 is 4.39 Å². The smallest absolute Gasteiger partial charge is 0.287 e. The fraction of sp³-hybridized carbons (Fsp3) is 0.222. The van der Waals surface area contributed by atoms with Crippen LogP contribution in [0.5, 0.6) is 0 Å². The van der Waals surface area contributed by atoms with Gasteiger partial charge in [-0.1, -0.05) is 18.2 Å². The highest BCUT2D eigenvalue weighted by Crippen LogP contribution is 2.24. The van der Waals surface area contributed by atoms with Crippen LogP contribution in [0.3, 0.4) is 0 Å². The largest absolute Gasteiger partial charge is 0.343 e. The summed E-state index contributed by atoms with van der Waals surface area (Å²) in [4.78, 5) is 19.2. The van der Waals surface area contributed by atoms with Gasteiger partial charge in [-0.05, 0) is 32.0 Å². The van der Waals surface area contributed by atoms with Crippen LogP contribution in [0.15, 0.2) is 47.4 Å². The number of nitrogens with zero attached hydrogens (tertiary/aromatic N) is 5. The Kier molecular flexibility index (Phi) is 3.87. The molecule has 0 radical (unpaired) electrons. The molecule has 8 heteroatoms. The zero-order chi connectivity index (χ0) is 18.3. The second-order valence-corrected chi connectivity index (χ2v) is 6.29. The van der Waals surface area contributed by atoms with Gasteiger partial charge in [0.05, 0.1) is 18.0 Å². The molecule has 0 unspecified atom stereocenters. The quantitative estimate of drug-likeness (QED) is 0.612. The molecule has 132 valence electrons. The molecule has 0 bridgehead atoms. The normalized spacial score (nSPS) is 11.5. The molecule has 7 nitrogen and oxygen atoms in total. The lowest BCUT2D eigenvalue weighted by Gasteiger charge is -2.04. The lowest BCUT2D eigenvalue weighted by molar-refractivity contribution is 0.514. The highest BCUT2D eigenvalue weighted by Gasteiger charge is 2.18. The first-order valence-electron chi connectivity index (χ1n) is 8.28. The van der Waals surface area contributed by atoms with E-state index in [1.54, 1.807) is 35.1 Å². The van der Waals surface area contributed by atoms with Crippen LogP contribution in [-0.4, -0.2) is 29.5 Å². The van der Waals surface area contributed by atoms with Gasteiger partial charge >= 0.3 is 5.69 Å². The van der Waals surface area contributed by atoms with E-state index in [1.807, 2.05) is 19.9 Å². The number of pyridine rings is 1. The summed E-state index contributed by atoms with van der Waals surface area (Å²) < 4.78 is 17.0. The van der Waals surface area contributed by atoms with E-state index < -0.39 is 0 Å². The van der Waals surface area contributed by atoms with Gasteiger partial charge in [0.25, 0.3) is 0 Å². The average Bonchev–Trinajstić information content (AvgIpc) is 3.18. The summed E-state index contributed by atoms with van der Waals surface area (Å²) in [5, 5.41) is 9.63. The molecule has 4 rings (SSSR count). The van der Waals surface area contributed by atoms with Crippen molar-refractivity contribution in [3.05, 3.63) is 64.5 Å². The number of rotatable bonds is 4. The number of H-pyrrole nitrogens is 1. The van der Waals surface area contributed by atoms with Crippen molar-refractivity contribution in [2.45, 2.75) is 26.4 Å². The van der Waals surface area contributed by atoms with Gasteiger partial charge in [-0.3, -0.25) is 4.98 Å². The molecule has 1 aromatic carbocycles. The summed E-state index contributed by atoms with van der Waals surface area (Å²) in [6.07, 6.45) is 1.65. The Balaban J connectivity index is 1.86. The van der Waals surface area contributed by atoms with Gasteiger partial charge in [-0.15, -0.1) is 5.10 Å². The zero-order valence-corrected chi connectivity index (χ0v) is 14.3. The number of hydrogen-bond donors (Lipinski definition) is 1. The van der Waals surface area contributed by atoms with Crippen molar-refractivity contribution in [1.82, 2.24) is 29.5 Å². The Bertz CT molecular complexity index is 1140. The Morgan fingerprint density at radius 1 is 1.15 bits per heavy atom. The number of benzene rings is 1. The number of aromatic amines is 1. The number of nitrogens with one attached hydrogen (secondary N) is 1. The Morgan fingerprint density at radius 2 is 1.96 bits per heavy atom. The number of aromatic nitrogens is 6. The Labute approximate surface area is 148 Å². The minimum absolute atomic E-state index is 0.0719. The van der Waals surface area contributed by atoms with Gasteiger partial charge in [0.1, 0.15) is 11.5 Å². The van der Waals surface area contributed by atoms with Gasteiger partial charge in [0.2, 0.25) is 0 Å². The summed E-state index contributed by atoms with van der Waals surface area (Å²) in [5.41, 5.74) is 1.33. The average molecular weight is 352 g/mol. The van der Waals surface area contributed by atoms with Gasteiger partial charge in [0.15, 0.2) is 11.5 Å². The third-order valence-electron chi connectivity index (χ3n) is 4.14. The molecule has 0 amide bonds. The molecule has 0 atom stereocenters. The van der Waals surface area contributed by atoms with Crippen LogP contribution < -0.4 is 5.69 Å². The van der Waals surface area contributed by atoms with Gasteiger partial charge in [-0.25, -0.2) is 23.5 Å². The predicted molar refractivity (Wildman–Crippen MR) is 95.3 cm³/mol. The van der Waals surface area contributed by atoms with Crippen molar-refractivity contribution in [3.8, 4) is 11.5 Å². The first kappa shape index (κ1) is 16.2. The number of fused-ring (bicyclic) bond motifs is 1. The molecule has 3 aromatic heterocycles. The molecule has 0 saturated carbocycles. The van der Waals surface area contributed by atoms with E-state index in [4.69, 9.17) is 0 Å². The van der Waals surface area contributed by atoms with E-state index in [2.05, 4.69) is 20.2 Å². The molecule has 0 aliphatic carbocycles. The van der Waals surface area contributed by atoms with Crippen LogP contribution >= 0.6 is 0 Å². The summed E-state index contributed by atoms with van der Waals surface area (Å²) in [7, 11) is 0. The second kappa shape index (κ2) is 6.21. The van der Waals surface area contributed by atoms with Crippen LogP contribution in [0.2, 0.25) is 0 Å². The predicted octanol–water partition coefficient (Wildman–Crippen LogP) is 2.75. The van der Waals surface area contributed by atoms with Crippen LogP contribution in [0, 0.1) is 5.82 Å². The lowest BCUT2D eigenvalue weighted by atomic mass is 10.2. The van der Waals surface area contributed by atoms with E-state index in [9.17, 15) is 9.18 Å². The highest BCUT2D eigenvalue weighted by molar-refractivity contribution is 5.89. The Morgan fingerprint density at radius 3 is 2.69 bits per heavy atom. The molecule has 26 heavy (non-hydrogen) atoms. The second-order valence-electron chi connectivity index (χ2n) is 6.29. The summed E-state index contributed by atoms with van der Waals surface area (Å²) in [6.45, 7) is 3.99. The Hall–Kier alpha value is -3.29. The summed E-state index contributed by atoms with van der Waals surface area (Å²) in [5.74, 6) is 0.0695. The SMILES string of the molecule is CC(C)n1nc(-c2nn(Cc3ccccc3F)c3ncccc23)[nH]c1=O. The minimum atomic E-state index is -0.300. The van der Waals surface area contributed by atoms with Gasteiger partial charge < -0.3 is 0 Å². The monoisotopic (exact) mass is 352 g/mol. The fourth-order valence-corrected chi connectivity index (χ4v) is 2.88. The van der Waals surface area contributed by atoms with E-state index in [0.29, 0.717) is 22.7 Å². The van der Waals surface area contributed by atoms with Crippen molar-refractivity contribution in [3.63, 3.8) is 0 Å². The number of hydrogen-bond acceptors (Lipinski definition) is 4. The maximum atomic E-state index is 14.0.